The Labute approximate surface area is 205 Å². The van der Waals surface area contributed by atoms with E-state index in [0.717, 1.165) is 29.1 Å². The van der Waals surface area contributed by atoms with Gasteiger partial charge in [0.1, 0.15) is 5.75 Å². The molecule has 2 aromatic carbocycles. The van der Waals surface area contributed by atoms with Gasteiger partial charge in [-0.2, -0.15) is 0 Å². The van der Waals surface area contributed by atoms with Crippen LogP contribution in [0.5, 0.6) is 5.75 Å². The summed E-state index contributed by atoms with van der Waals surface area (Å²) in [5.41, 5.74) is 2.81. The Morgan fingerprint density at radius 3 is 2.68 bits per heavy atom. The van der Waals surface area contributed by atoms with Crippen LogP contribution in [0.4, 0.5) is 0 Å². The number of sulfone groups is 1. The molecule has 4 rings (SSSR count). The highest BCUT2D eigenvalue weighted by molar-refractivity contribution is 7.99. The van der Waals surface area contributed by atoms with Crippen molar-refractivity contribution in [3.63, 3.8) is 0 Å². The fourth-order valence-corrected chi connectivity index (χ4v) is 6.84. The van der Waals surface area contributed by atoms with Crippen LogP contribution in [-0.2, 0) is 14.6 Å². The molecule has 34 heavy (non-hydrogen) atoms. The zero-order valence-electron chi connectivity index (χ0n) is 19.4. The molecule has 1 amide bonds. The first kappa shape index (κ1) is 24.3. The van der Waals surface area contributed by atoms with E-state index in [1.54, 1.807) is 12.0 Å². The minimum Gasteiger partial charge on any atom is -0.497 e. The number of aromatic nitrogens is 2. The third kappa shape index (κ3) is 5.47. The summed E-state index contributed by atoms with van der Waals surface area (Å²) in [4.78, 5) is 19.6. The largest absolute Gasteiger partial charge is 0.497 e. The number of nitrogens with zero attached hydrogens (tertiary/aromatic N) is 3. The SMILES string of the molecule is CCCN(C(=O)CSc1ncc(-c2ccccc2)n1-c1cccc(OC)c1)[C@H]1CCS(=O)(=O)C1. The van der Waals surface area contributed by atoms with Crippen molar-refractivity contribution in [2.24, 2.45) is 0 Å². The number of carbonyl (C=O) groups excluding carboxylic acids is 1. The topological polar surface area (TPSA) is 81.5 Å². The average Bonchev–Trinajstić information content (AvgIpc) is 3.44. The van der Waals surface area contributed by atoms with Crippen LogP contribution in [-0.4, -0.2) is 65.7 Å². The van der Waals surface area contributed by atoms with E-state index in [1.807, 2.05) is 72.3 Å². The van der Waals surface area contributed by atoms with E-state index in [-0.39, 0.29) is 29.2 Å². The normalized spacial score (nSPS) is 16.9. The summed E-state index contributed by atoms with van der Waals surface area (Å²) in [5, 5.41) is 0.691. The molecule has 7 nitrogen and oxygen atoms in total. The molecule has 0 spiro atoms. The van der Waals surface area contributed by atoms with E-state index >= 15 is 0 Å². The first-order valence-corrected chi connectivity index (χ1v) is 14.1. The lowest BCUT2D eigenvalue weighted by Crippen LogP contribution is -2.42. The molecule has 1 atom stereocenters. The van der Waals surface area contributed by atoms with Crippen LogP contribution in [0, 0.1) is 0 Å². The molecule has 2 heterocycles. The van der Waals surface area contributed by atoms with E-state index in [0.29, 0.717) is 18.1 Å². The minimum absolute atomic E-state index is 0.0556. The number of hydrogen-bond acceptors (Lipinski definition) is 6. The smallest absolute Gasteiger partial charge is 0.233 e. The Kier molecular flexibility index (Phi) is 7.63. The Bertz CT molecular complexity index is 1240. The molecule has 9 heteroatoms. The number of ether oxygens (including phenoxy) is 1. The van der Waals surface area contributed by atoms with Crippen LogP contribution in [0.15, 0.2) is 66.0 Å². The van der Waals surface area contributed by atoms with Crippen molar-refractivity contribution < 1.29 is 17.9 Å². The third-order valence-electron chi connectivity index (χ3n) is 5.87. The lowest BCUT2D eigenvalue weighted by Gasteiger charge is -2.27. The van der Waals surface area contributed by atoms with Crippen LogP contribution < -0.4 is 4.74 Å². The fourth-order valence-electron chi connectivity index (χ4n) is 4.23. The summed E-state index contributed by atoms with van der Waals surface area (Å²) in [6, 6.07) is 17.5. The van der Waals surface area contributed by atoms with Crippen molar-refractivity contribution >= 4 is 27.5 Å². The van der Waals surface area contributed by atoms with Crippen LogP contribution in [0.25, 0.3) is 16.9 Å². The zero-order valence-corrected chi connectivity index (χ0v) is 21.0. The molecule has 1 fully saturated rings. The van der Waals surface area contributed by atoms with Crippen molar-refractivity contribution in [2.45, 2.75) is 31.0 Å². The Hall–Kier alpha value is -2.78. The molecule has 3 aromatic rings. The quantitative estimate of drug-likeness (QED) is 0.413. The van der Waals surface area contributed by atoms with Crippen LogP contribution in [0.2, 0.25) is 0 Å². The lowest BCUT2D eigenvalue weighted by molar-refractivity contribution is -0.130. The second-order valence-corrected chi connectivity index (χ2v) is 11.4. The highest BCUT2D eigenvalue weighted by atomic mass is 32.2. The van der Waals surface area contributed by atoms with Crippen LogP contribution >= 0.6 is 11.8 Å². The molecule has 1 aliphatic rings. The van der Waals surface area contributed by atoms with Gasteiger partial charge in [0.25, 0.3) is 0 Å². The predicted octanol–water partition coefficient (Wildman–Crippen LogP) is 4.07. The molecule has 0 N–H and O–H groups in total. The van der Waals surface area contributed by atoms with Crippen molar-refractivity contribution in [3.05, 3.63) is 60.8 Å². The van der Waals surface area contributed by atoms with Gasteiger partial charge in [0, 0.05) is 24.2 Å². The Morgan fingerprint density at radius 1 is 1.21 bits per heavy atom. The molecule has 0 radical (unpaired) electrons. The summed E-state index contributed by atoms with van der Waals surface area (Å²) in [5.74, 6) is 1.06. The number of thioether (sulfide) groups is 1. The summed E-state index contributed by atoms with van der Waals surface area (Å²) in [7, 11) is -1.44. The van der Waals surface area contributed by atoms with Gasteiger partial charge in [0.2, 0.25) is 5.91 Å². The molecule has 1 saturated heterocycles. The number of rotatable bonds is 9. The Morgan fingerprint density at radius 2 is 2.00 bits per heavy atom. The fraction of sp³-hybridized carbons (Fsp3) is 0.360. The second-order valence-electron chi connectivity index (χ2n) is 8.26. The number of benzene rings is 2. The van der Waals surface area contributed by atoms with E-state index in [9.17, 15) is 13.2 Å². The lowest BCUT2D eigenvalue weighted by atomic mass is 10.1. The van der Waals surface area contributed by atoms with E-state index < -0.39 is 9.84 Å². The van der Waals surface area contributed by atoms with Gasteiger partial charge in [-0.15, -0.1) is 0 Å². The first-order chi connectivity index (χ1) is 16.4. The standard InChI is InChI=1S/C25H29N3O4S2/c1-3-13-27(21-12-14-34(30,31)18-21)24(29)17-33-25-26-16-23(19-8-5-4-6-9-19)28(25)20-10-7-11-22(15-20)32-2/h4-11,15-16,21H,3,12-14,17-18H2,1-2H3/t21-/m0/s1. The Balaban J connectivity index is 1.61. The van der Waals surface area contributed by atoms with E-state index in [1.165, 1.54) is 11.8 Å². The maximum Gasteiger partial charge on any atom is 0.233 e. The summed E-state index contributed by atoms with van der Waals surface area (Å²) < 4.78 is 31.4. The summed E-state index contributed by atoms with van der Waals surface area (Å²) >= 11 is 1.36. The number of amides is 1. The monoisotopic (exact) mass is 499 g/mol. The molecule has 1 aromatic heterocycles. The number of methoxy groups -OCH3 is 1. The van der Waals surface area contributed by atoms with Gasteiger partial charge in [-0.3, -0.25) is 9.36 Å². The molecule has 1 aliphatic heterocycles. The molecule has 180 valence electrons. The number of carbonyl (C=O) groups is 1. The summed E-state index contributed by atoms with van der Waals surface area (Å²) in [6.07, 6.45) is 3.11. The van der Waals surface area contributed by atoms with Gasteiger partial charge in [-0.1, -0.05) is 55.1 Å². The highest BCUT2D eigenvalue weighted by Crippen LogP contribution is 2.31. The van der Waals surface area contributed by atoms with Gasteiger partial charge in [0.05, 0.1) is 41.9 Å². The molecular weight excluding hydrogens is 470 g/mol. The van der Waals surface area contributed by atoms with Crippen molar-refractivity contribution in [1.82, 2.24) is 14.5 Å². The average molecular weight is 500 g/mol. The second kappa shape index (κ2) is 10.7. The third-order valence-corrected chi connectivity index (χ3v) is 8.56. The van der Waals surface area contributed by atoms with Crippen molar-refractivity contribution in [1.29, 1.82) is 0 Å². The zero-order chi connectivity index (χ0) is 24.1. The van der Waals surface area contributed by atoms with Gasteiger partial charge in [-0.05, 0) is 25.0 Å². The molecule has 0 bridgehead atoms. The number of imidazole rings is 1. The molecular formula is C25H29N3O4S2. The first-order valence-electron chi connectivity index (χ1n) is 11.3. The maximum absolute atomic E-state index is 13.2. The van der Waals surface area contributed by atoms with Crippen molar-refractivity contribution in [2.75, 3.05) is 30.9 Å². The van der Waals surface area contributed by atoms with Gasteiger partial charge in [-0.25, -0.2) is 13.4 Å². The summed E-state index contributed by atoms with van der Waals surface area (Å²) in [6.45, 7) is 2.55. The highest BCUT2D eigenvalue weighted by Gasteiger charge is 2.34. The van der Waals surface area contributed by atoms with Gasteiger partial charge in [0.15, 0.2) is 15.0 Å². The van der Waals surface area contributed by atoms with Crippen LogP contribution in [0.1, 0.15) is 19.8 Å². The van der Waals surface area contributed by atoms with Crippen LogP contribution in [0.3, 0.4) is 0 Å². The van der Waals surface area contributed by atoms with Gasteiger partial charge >= 0.3 is 0 Å². The van der Waals surface area contributed by atoms with Crippen molar-refractivity contribution in [3.8, 4) is 22.7 Å². The van der Waals surface area contributed by atoms with E-state index in [4.69, 9.17) is 4.74 Å². The van der Waals surface area contributed by atoms with E-state index in [2.05, 4.69) is 4.98 Å². The molecule has 0 aliphatic carbocycles. The minimum atomic E-state index is -3.07. The predicted molar refractivity (Wildman–Crippen MR) is 135 cm³/mol. The molecule has 0 unspecified atom stereocenters. The molecule has 0 saturated carbocycles. The maximum atomic E-state index is 13.2. The number of hydrogen-bond donors (Lipinski definition) is 0. The van der Waals surface area contributed by atoms with Gasteiger partial charge < -0.3 is 9.64 Å².